The molecular formula is C24H23F2N5O2S. The summed E-state index contributed by atoms with van der Waals surface area (Å²) in [7, 11) is 0. The van der Waals surface area contributed by atoms with E-state index in [-0.39, 0.29) is 12.4 Å². The van der Waals surface area contributed by atoms with Crippen LogP contribution in [0.1, 0.15) is 41.3 Å². The zero-order valence-electron chi connectivity index (χ0n) is 18.7. The van der Waals surface area contributed by atoms with Gasteiger partial charge in [-0.1, -0.05) is 37.2 Å². The first-order valence-corrected chi connectivity index (χ1v) is 12.0. The number of aryl methyl sites for hydroxylation is 1. The molecule has 0 spiro atoms. The molecule has 0 saturated carbocycles. The van der Waals surface area contributed by atoms with E-state index >= 15 is 0 Å². The summed E-state index contributed by atoms with van der Waals surface area (Å²) in [4.78, 5) is 34.8. The van der Waals surface area contributed by atoms with Gasteiger partial charge in [0.15, 0.2) is 11.0 Å². The number of anilines is 2. The Morgan fingerprint density at radius 3 is 2.59 bits per heavy atom. The molecule has 0 radical (unpaired) electrons. The maximum Gasteiger partial charge on any atom is 0.328 e. The van der Waals surface area contributed by atoms with Crippen molar-refractivity contribution >= 4 is 35.2 Å². The molecule has 0 atom stereocenters. The molecule has 3 aromatic rings. The van der Waals surface area contributed by atoms with Crippen LogP contribution < -0.4 is 16.0 Å². The monoisotopic (exact) mass is 483 g/mol. The van der Waals surface area contributed by atoms with Crippen LogP contribution >= 0.6 is 11.8 Å². The summed E-state index contributed by atoms with van der Waals surface area (Å²) in [6.45, 7) is 2.13. The average molecular weight is 484 g/mol. The molecule has 3 amide bonds. The fourth-order valence-corrected chi connectivity index (χ4v) is 4.26. The molecule has 0 bridgehead atoms. The van der Waals surface area contributed by atoms with Gasteiger partial charge in [0, 0.05) is 16.7 Å². The number of thioether (sulfide) groups is 1. The Bertz CT molecular complexity index is 1260. The number of halogens is 2. The summed E-state index contributed by atoms with van der Waals surface area (Å²) in [6.07, 6.45) is 4.37. The number of nitrogens with one attached hydrogen (secondary N) is 1. The van der Waals surface area contributed by atoms with E-state index in [0.29, 0.717) is 27.5 Å². The third-order valence-corrected chi connectivity index (χ3v) is 6.14. The van der Waals surface area contributed by atoms with E-state index in [4.69, 9.17) is 5.73 Å². The molecule has 1 aliphatic rings. The number of nitrogens with zero attached hydrogens (tertiary/aromatic N) is 3. The van der Waals surface area contributed by atoms with Crippen molar-refractivity contribution in [3.05, 3.63) is 64.7 Å². The van der Waals surface area contributed by atoms with Gasteiger partial charge >= 0.3 is 6.03 Å². The number of fused-ring (bicyclic) bond motifs is 1. The molecule has 34 heavy (non-hydrogen) atoms. The van der Waals surface area contributed by atoms with Crippen molar-refractivity contribution in [2.24, 2.45) is 5.73 Å². The molecule has 1 aromatic heterocycles. The highest BCUT2D eigenvalue weighted by atomic mass is 32.2. The summed E-state index contributed by atoms with van der Waals surface area (Å²) < 4.78 is 29.4. The van der Waals surface area contributed by atoms with Gasteiger partial charge in [-0.2, -0.15) is 0 Å². The average Bonchev–Trinajstić information content (AvgIpc) is 2.82. The molecule has 3 N–H and O–H groups in total. The van der Waals surface area contributed by atoms with Crippen molar-refractivity contribution in [3.63, 3.8) is 0 Å². The van der Waals surface area contributed by atoms with E-state index in [1.54, 1.807) is 18.4 Å². The molecule has 1 aliphatic heterocycles. The molecule has 2 heterocycles. The van der Waals surface area contributed by atoms with E-state index in [9.17, 15) is 18.4 Å². The predicted octanol–water partition coefficient (Wildman–Crippen LogP) is 4.95. The predicted molar refractivity (Wildman–Crippen MR) is 127 cm³/mol. The number of hydrogen-bond donors (Lipinski definition) is 2. The van der Waals surface area contributed by atoms with Gasteiger partial charge in [-0.25, -0.2) is 28.4 Å². The second kappa shape index (κ2) is 9.76. The maximum atomic E-state index is 14.7. The minimum Gasteiger partial charge on any atom is -0.366 e. The molecular weight excluding hydrogens is 460 g/mol. The minimum atomic E-state index is -0.895. The molecule has 4 rings (SSSR count). The molecule has 10 heteroatoms. The normalized spacial score (nSPS) is 12.9. The Kier molecular flexibility index (Phi) is 6.78. The lowest BCUT2D eigenvalue weighted by atomic mass is 9.94. The number of nitrogens with two attached hydrogens (primary N) is 1. The van der Waals surface area contributed by atoms with Gasteiger partial charge in [-0.15, -0.1) is 0 Å². The number of primary amides is 1. The number of unbranched alkanes of at least 4 members (excludes halogenated alkanes) is 1. The maximum absolute atomic E-state index is 14.7. The number of carbonyl (C=O) groups is 2. The van der Waals surface area contributed by atoms with E-state index in [1.165, 1.54) is 17.8 Å². The fourth-order valence-electron chi connectivity index (χ4n) is 3.90. The number of benzene rings is 2. The van der Waals surface area contributed by atoms with Crippen LogP contribution in [0.15, 0.2) is 41.6 Å². The largest absolute Gasteiger partial charge is 0.366 e. The van der Waals surface area contributed by atoms with Crippen LogP contribution in [0.3, 0.4) is 0 Å². The number of hydrogen-bond acceptors (Lipinski definition) is 5. The SMILES string of the molecule is CCCCc1ccc(C(N)=O)cc1-c1nc(SC)nc2c1CNC(=O)N2c1c(F)cccc1F. The first-order chi connectivity index (χ1) is 16.3. The van der Waals surface area contributed by atoms with Crippen LogP contribution in [0, 0.1) is 11.6 Å². The fraction of sp³-hybridized carbons (Fsp3) is 0.250. The van der Waals surface area contributed by atoms with E-state index in [0.717, 1.165) is 41.9 Å². The molecule has 0 unspecified atom stereocenters. The number of carbonyl (C=O) groups excluding carboxylic acids is 2. The van der Waals surface area contributed by atoms with E-state index in [2.05, 4.69) is 22.2 Å². The van der Waals surface area contributed by atoms with Crippen LogP contribution in [0.2, 0.25) is 0 Å². The van der Waals surface area contributed by atoms with Gasteiger partial charge in [-0.3, -0.25) is 4.79 Å². The third kappa shape index (κ3) is 4.33. The van der Waals surface area contributed by atoms with Gasteiger partial charge in [0.2, 0.25) is 5.91 Å². The highest BCUT2D eigenvalue weighted by molar-refractivity contribution is 7.98. The Balaban J connectivity index is 2.00. The van der Waals surface area contributed by atoms with Crippen molar-refractivity contribution in [1.29, 1.82) is 0 Å². The number of para-hydroxylation sites is 1. The summed E-state index contributed by atoms with van der Waals surface area (Å²) in [6, 6.07) is 7.87. The van der Waals surface area contributed by atoms with Crippen LogP contribution in [0.25, 0.3) is 11.3 Å². The van der Waals surface area contributed by atoms with Gasteiger partial charge < -0.3 is 11.1 Å². The lowest BCUT2D eigenvalue weighted by Gasteiger charge is -2.31. The quantitative estimate of drug-likeness (QED) is 0.366. The zero-order valence-corrected chi connectivity index (χ0v) is 19.5. The first kappa shape index (κ1) is 23.6. The van der Waals surface area contributed by atoms with Gasteiger partial charge in [0.1, 0.15) is 17.3 Å². The van der Waals surface area contributed by atoms with Crippen LogP contribution in [-0.4, -0.2) is 28.2 Å². The first-order valence-electron chi connectivity index (χ1n) is 10.8. The highest BCUT2D eigenvalue weighted by Crippen LogP contribution is 2.39. The topological polar surface area (TPSA) is 101 Å². The summed E-state index contributed by atoms with van der Waals surface area (Å²) in [5.74, 6) is -2.28. The Labute approximate surface area is 199 Å². The second-order valence-corrected chi connectivity index (χ2v) is 8.54. The van der Waals surface area contributed by atoms with Gasteiger partial charge in [0.25, 0.3) is 0 Å². The van der Waals surface area contributed by atoms with Gasteiger partial charge in [0.05, 0.1) is 12.2 Å². The van der Waals surface area contributed by atoms with Gasteiger partial charge in [-0.05, 0) is 48.9 Å². The molecule has 0 fully saturated rings. The van der Waals surface area contributed by atoms with Crippen molar-refractivity contribution in [1.82, 2.24) is 15.3 Å². The summed E-state index contributed by atoms with van der Waals surface area (Å²) in [5.41, 5.74) is 7.90. The molecule has 2 aromatic carbocycles. The minimum absolute atomic E-state index is 0.0543. The standard InChI is InChI=1S/C24H23F2N5O2S/c1-3-4-6-13-9-10-14(21(27)32)11-15(13)19-16-12-28-24(33)31(22(16)30-23(29-19)34-2)20-17(25)7-5-8-18(20)26/h5,7-11H,3-4,6,12H2,1-2H3,(H2,27,32)(H,28,33). The van der Waals surface area contributed by atoms with Crippen molar-refractivity contribution in [2.75, 3.05) is 11.2 Å². The Hall–Kier alpha value is -3.53. The molecule has 176 valence electrons. The number of rotatable bonds is 7. The molecule has 0 saturated heterocycles. The summed E-state index contributed by atoms with van der Waals surface area (Å²) in [5, 5.41) is 2.98. The highest BCUT2D eigenvalue weighted by Gasteiger charge is 2.34. The van der Waals surface area contributed by atoms with Crippen molar-refractivity contribution < 1.29 is 18.4 Å². The number of amides is 3. The third-order valence-electron chi connectivity index (χ3n) is 5.59. The zero-order chi connectivity index (χ0) is 24.4. The summed E-state index contributed by atoms with van der Waals surface area (Å²) >= 11 is 1.23. The van der Waals surface area contributed by atoms with Crippen molar-refractivity contribution in [2.45, 2.75) is 37.9 Å². The molecule has 0 aliphatic carbocycles. The Morgan fingerprint density at radius 2 is 1.94 bits per heavy atom. The Morgan fingerprint density at radius 1 is 1.21 bits per heavy atom. The van der Waals surface area contributed by atoms with Crippen LogP contribution in [-0.2, 0) is 13.0 Å². The van der Waals surface area contributed by atoms with Crippen molar-refractivity contribution in [3.8, 4) is 11.3 Å². The van der Waals surface area contributed by atoms with Crippen LogP contribution in [0.4, 0.5) is 25.1 Å². The smallest absolute Gasteiger partial charge is 0.328 e. The lowest BCUT2D eigenvalue weighted by Crippen LogP contribution is -2.43. The second-order valence-electron chi connectivity index (χ2n) is 7.77. The van der Waals surface area contributed by atoms with E-state index < -0.39 is 29.3 Å². The van der Waals surface area contributed by atoms with E-state index in [1.807, 2.05) is 6.07 Å². The lowest BCUT2D eigenvalue weighted by molar-refractivity contribution is 0.1000. The number of urea groups is 1. The molecule has 7 nitrogen and oxygen atoms in total. The number of aromatic nitrogens is 2. The van der Waals surface area contributed by atoms with Crippen LogP contribution in [0.5, 0.6) is 0 Å².